The van der Waals surface area contributed by atoms with Crippen molar-refractivity contribution in [3.05, 3.63) is 0 Å². The summed E-state index contributed by atoms with van der Waals surface area (Å²) in [4.78, 5) is 22.8. The Hall–Kier alpha value is -1.26. The third-order valence-corrected chi connectivity index (χ3v) is 2.23. The second-order valence-corrected chi connectivity index (χ2v) is 3.48. The van der Waals surface area contributed by atoms with Crippen molar-refractivity contribution in [3.8, 4) is 0 Å². The van der Waals surface area contributed by atoms with Crippen molar-refractivity contribution >= 4 is 12.6 Å². The first-order valence-electron chi connectivity index (χ1n) is 4.71. The monoisotopic (exact) mass is 201 g/mol. The second kappa shape index (κ2) is 5.47. The molecule has 0 bridgehead atoms. The van der Waals surface area contributed by atoms with Crippen molar-refractivity contribution in [1.82, 2.24) is 4.90 Å². The number of amides is 1. The summed E-state index contributed by atoms with van der Waals surface area (Å²) in [7, 11) is 0. The molecule has 1 heterocycles. The third kappa shape index (κ3) is 3.24. The molecule has 0 aromatic rings. The van der Waals surface area contributed by atoms with Crippen LogP contribution in [0, 0.1) is 5.92 Å². The van der Waals surface area contributed by atoms with E-state index in [1.807, 2.05) is 0 Å². The second-order valence-electron chi connectivity index (χ2n) is 3.48. The van der Waals surface area contributed by atoms with Crippen LogP contribution in [0.2, 0.25) is 0 Å². The minimum absolute atomic E-state index is 0.256. The minimum atomic E-state index is -0.404. The quantitative estimate of drug-likeness (QED) is 0.388. The van der Waals surface area contributed by atoms with E-state index in [-0.39, 0.29) is 13.3 Å². The number of carbonyl (C=O) groups excluding carboxylic acids is 2. The third-order valence-electron chi connectivity index (χ3n) is 2.23. The number of nitrogens with zero attached hydrogens (tertiary/aromatic N) is 1. The van der Waals surface area contributed by atoms with Gasteiger partial charge in [-0.25, -0.2) is 4.79 Å². The molecule has 0 aliphatic carbocycles. The highest BCUT2D eigenvalue weighted by Crippen LogP contribution is 2.15. The molecule has 1 unspecified atom stereocenters. The fraction of sp³-hybridized carbons (Fsp3) is 0.778. The SMILES string of the molecule is CC1CCCN(C(=O)OCOC=O)C1. The van der Waals surface area contributed by atoms with Crippen molar-refractivity contribution in [2.75, 3.05) is 19.9 Å². The molecule has 5 heteroatoms. The predicted octanol–water partition coefficient (Wildman–Crippen LogP) is 0.985. The molecular weight excluding hydrogens is 186 g/mol. The number of carbonyl (C=O) groups is 2. The molecule has 0 aromatic carbocycles. The average Bonchev–Trinajstić information content (AvgIpc) is 2.18. The molecule has 0 N–H and O–H groups in total. The van der Waals surface area contributed by atoms with Gasteiger partial charge in [0.15, 0.2) is 0 Å². The summed E-state index contributed by atoms with van der Waals surface area (Å²) in [6, 6.07) is 0. The van der Waals surface area contributed by atoms with Gasteiger partial charge in [-0.3, -0.25) is 4.79 Å². The first kappa shape index (κ1) is 10.8. The van der Waals surface area contributed by atoms with E-state index in [1.54, 1.807) is 4.90 Å². The zero-order chi connectivity index (χ0) is 10.4. The number of ether oxygens (including phenoxy) is 2. The van der Waals surface area contributed by atoms with Crippen LogP contribution < -0.4 is 0 Å². The molecule has 14 heavy (non-hydrogen) atoms. The summed E-state index contributed by atoms with van der Waals surface area (Å²) in [6.45, 7) is 3.50. The van der Waals surface area contributed by atoms with Gasteiger partial charge in [0.2, 0.25) is 6.79 Å². The molecule has 1 aliphatic rings. The molecule has 80 valence electrons. The molecule has 0 saturated carbocycles. The number of likely N-dealkylation sites (tertiary alicyclic amines) is 1. The highest BCUT2D eigenvalue weighted by Gasteiger charge is 2.21. The molecule has 1 fully saturated rings. The maximum atomic E-state index is 11.3. The first-order valence-corrected chi connectivity index (χ1v) is 4.71. The van der Waals surface area contributed by atoms with Crippen molar-refractivity contribution in [3.63, 3.8) is 0 Å². The molecule has 1 aliphatic heterocycles. The van der Waals surface area contributed by atoms with E-state index in [2.05, 4.69) is 11.7 Å². The van der Waals surface area contributed by atoms with E-state index in [0.29, 0.717) is 5.92 Å². The highest BCUT2D eigenvalue weighted by molar-refractivity contribution is 5.67. The summed E-state index contributed by atoms with van der Waals surface area (Å²) in [5, 5.41) is 0. The minimum Gasteiger partial charge on any atom is -0.430 e. The van der Waals surface area contributed by atoms with Gasteiger partial charge in [0.05, 0.1) is 0 Å². The number of hydrogen-bond acceptors (Lipinski definition) is 4. The zero-order valence-electron chi connectivity index (χ0n) is 8.27. The maximum absolute atomic E-state index is 11.3. The number of hydrogen-bond donors (Lipinski definition) is 0. The molecule has 1 amide bonds. The van der Waals surface area contributed by atoms with Crippen LogP contribution in [0.5, 0.6) is 0 Å². The van der Waals surface area contributed by atoms with Crippen LogP contribution >= 0.6 is 0 Å². The van der Waals surface area contributed by atoms with Crippen molar-refractivity contribution in [2.45, 2.75) is 19.8 Å². The van der Waals surface area contributed by atoms with Crippen molar-refractivity contribution in [1.29, 1.82) is 0 Å². The lowest BCUT2D eigenvalue weighted by atomic mass is 10.0. The average molecular weight is 201 g/mol. The summed E-state index contributed by atoms with van der Waals surface area (Å²) in [5.74, 6) is 0.517. The molecule has 5 nitrogen and oxygen atoms in total. The van der Waals surface area contributed by atoms with Crippen LogP contribution in [0.3, 0.4) is 0 Å². The lowest BCUT2D eigenvalue weighted by Gasteiger charge is -2.29. The Bertz CT molecular complexity index is 207. The number of piperidine rings is 1. The van der Waals surface area contributed by atoms with Crippen LogP contribution in [-0.2, 0) is 14.3 Å². The van der Waals surface area contributed by atoms with E-state index >= 15 is 0 Å². The standard InChI is InChI=1S/C9H15NO4/c1-8-3-2-4-10(5-8)9(12)14-7-13-6-11/h6,8H,2-5,7H2,1H3. The van der Waals surface area contributed by atoms with Crippen LogP contribution in [0.15, 0.2) is 0 Å². The Kier molecular flexibility index (Phi) is 4.22. The first-order chi connectivity index (χ1) is 6.74. The fourth-order valence-electron chi connectivity index (χ4n) is 1.56. The molecule has 1 atom stereocenters. The van der Waals surface area contributed by atoms with E-state index < -0.39 is 6.09 Å². The van der Waals surface area contributed by atoms with Gasteiger partial charge in [-0.1, -0.05) is 6.92 Å². The summed E-state index contributed by atoms with van der Waals surface area (Å²) < 4.78 is 8.98. The van der Waals surface area contributed by atoms with Gasteiger partial charge in [-0.15, -0.1) is 0 Å². The Morgan fingerprint density at radius 2 is 2.43 bits per heavy atom. The van der Waals surface area contributed by atoms with Gasteiger partial charge < -0.3 is 14.4 Å². The Labute approximate surface area is 83.0 Å². The molecule has 0 aromatic heterocycles. The molecule has 0 radical (unpaired) electrons. The van der Waals surface area contributed by atoms with Crippen LogP contribution in [0.25, 0.3) is 0 Å². The lowest BCUT2D eigenvalue weighted by Crippen LogP contribution is -2.39. The van der Waals surface area contributed by atoms with Gasteiger partial charge in [-0.05, 0) is 18.8 Å². The summed E-state index contributed by atoms with van der Waals surface area (Å²) in [5.41, 5.74) is 0. The van der Waals surface area contributed by atoms with Gasteiger partial charge in [0, 0.05) is 13.1 Å². The van der Waals surface area contributed by atoms with E-state index in [1.165, 1.54) is 0 Å². The zero-order valence-corrected chi connectivity index (χ0v) is 8.27. The Balaban J connectivity index is 2.25. The van der Waals surface area contributed by atoms with Gasteiger partial charge in [0.1, 0.15) is 0 Å². The van der Waals surface area contributed by atoms with E-state index in [0.717, 1.165) is 25.9 Å². The highest BCUT2D eigenvalue weighted by atomic mass is 16.7. The molecule has 0 spiro atoms. The summed E-state index contributed by atoms with van der Waals surface area (Å²) in [6.07, 6.45) is 1.75. The topological polar surface area (TPSA) is 55.8 Å². The lowest BCUT2D eigenvalue weighted by molar-refractivity contribution is -0.137. The fourth-order valence-corrected chi connectivity index (χ4v) is 1.56. The molecular formula is C9H15NO4. The maximum Gasteiger partial charge on any atom is 0.412 e. The molecule has 1 rings (SSSR count). The smallest absolute Gasteiger partial charge is 0.412 e. The largest absolute Gasteiger partial charge is 0.430 e. The number of rotatable bonds is 3. The van der Waals surface area contributed by atoms with Gasteiger partial charge >= 0.3 is 6.09 Å². The van der Waals surface area contributed by atoms with Gasteiger partial charge in [0.25, 0.3) is 6.47 Å². The van der Waals surface area contributed by atoms with E-state index in [9.17, 15) is 9.59 Å². The molecule has 1 saturated heterocycles. The Morgan fingerprint density at radius 3 is 3.07 bits per heavy atom. The van der Waals surface area contributed by atoms with Crippen LogP contribution in [-0.4, -0.2) is 37.3 Å². The summed E-state index contributed by atoms with van der Waals surface area (Å²) >= 11 is 0. The van der Waals surface area contributed by atoms with Gasteiger partial charge in [-0.2, -0.15) is 0 Å². The van der Waals surface area contributed by atoms with Crippen LogP contribution in [0.1, 0.15) is 19.8 Å². The van der Waals surface area contributed by atoms with Crippen molar-refractivity contribution < 1.29 is 19.1 Å². The van der Waals surface area contributed by atoms with Crippen molar-refractivity contribution in [2.24, 2.45) is 5.92 Å². The predicted molar refractivity (Wildman–Crippen MR) is 48.5 cm³/mol. The van der Waals surface area contributed by atoms with E-state index in [4.69, 9.17) is 4.74 Å². The van der Waals surface area contributed by atoms with Crippen LogP contribution in [0.4, 0.5) is 4.79 Å². The Morgan fingerprint density at radius 1 is 1.64 bits per heavy atom. The normalized spacial score (nSPS) is 21.5.